The van der Waals surface area contributed by atoms with Crippen LogP contribution in [-0.4, -0.2) is 59.8 Å². The molecular formula is C46H38ClN7O5. The maximum atomic E-state index is 13.4. The van der Waals surface area contributed by atoms with Crippen LogP contribution in [0.15, 0.2) is 97.3 Å². The van der Waals surface area contributed by atoms with Crippen LogP contribution in [0, 0.1) is 6.57 Å². The zero-order valence-corrected chi connectivity index (χ0v) is 33.1. The zero-order chi connectivity index (χ0) is 40.9. The first-order chi connectivity index (χ1) is 28.6. The number of nitrogens with one attached hydrogen (secondary N) is 1. The number of hydrogen-bond donors (Lipinski definition) is 1. The van der Waals surface area contributed by atoms with E-state index in [0.717, 1.165) is 70.0 Å². The number of aromatic nitrogens is 4. The number of rotatable bonds is 8. The molecular weight excluding hydrogens is 766 g/mol. The lowest BCUT2D eigenvalue weighted by molar-refractivity contribution is -0.136. The number of hydrogen-bond acceptors (Lipinski definition) is 7. The Labute approximate surface area is 345 Å². The van der Waals surface area contributed by atoms with Crippen LogP contribution in [-0.2, 0) is 23.7 Å². The second-order valence-electron chi connectivity index (χ2n) is 15.3. The Kier molecular flexibility index (Phi) is 9.69. The molecule has 2 aromatic heterocycles. The number of benzene rings is 4. The molecule has 0 spiro atoms. The molecule has 1 saturated carbocycles. The Morgan fingerprint density at radius 2 is 1.32 bits per heavy atom. The lowest BCUT2D eigenvalue weighted by Crippen LogP contribution is -2.54. The van der Waals surface area contributed by atoms with Gasteiger partial charge in [-0.1, -0.05) is 72.3 Å². The number of ether oxygens (including phenoxy) is 1. The highest BCUT2D eigenvalue weighted by Crippen LogP contribution is 2.38. The molecule has 13 heteroatoms. The summed E-state index contributed by atoms with van der Waals surface area (Å²) in [6.45, 7) is 7.20. The summed E-state index contributed by atoms with van der Waals surface area (Å²) in [5.41, 5.74) is 7.66. The molecule has 2 aliphatic heterocycles. The average Bonchev–Trinajstić information content (AvgIpc) is 3.90. The number of nitrogens with zero attached hydrogens (tertiary/aromatic N) is 6. The maximum absolute atomic E-state index is 13.4. The van der Waals surface area contributed by atoms with Crippen molar-refractivity contribution in [3.8, 4) is 50.8 Å². The first-order valence-electron chi connectivity index (χ1n) is 19.5. The van der Waals surface area contributed by atoms with Gasteiger partial charge in [-0.3, -0.25) is 29.4 Å². The molecule has 9 rings (SSSR count). The van der Waals surface area contributed by atoms with Gasteiger partial charge < -0.3 is 13.9 Å². The van der Waals surface area contributed by atoms with E-state index < -0.39 is 29.7 Å². The van der Waals surface area contributed by atoms with Crippen LogP contribution < -0.4 is 10.1 Å². The van der Waals surface area contributed by atoms with Crippen molar-refractivity contribution in [1.29, 1.82) is 0 Å². The predicted octanol–water partition coefficient (Wildman–Crippen LogP) is 8.53. The third-order valence-corrected chi connectivity index (χ3v) is 12.1. The summed E-state index contributed by atoms with van der Waals surface area (Å²) in [7, 11) is 3.99. The largest absolute Gasteiger partial charge is 0.490 e. The second kappa shape index (κ2) is 15.2. The van der Waals surface area contributed by atoms with Crippen LogP contribution in [0.5, 0.6) is 5.75 Å². The Balaban J connectivity index is 0.850. The van der Waals surface area contributed by atoms with Crippen molar-refractivity contribution in [2.45, 2.75) is 56.6 Å². The van der Waals surface area contributed by atoms with Crippen molar-refractivity contribution in [2.75, 3.05) is 0 Å². The van der Waals surface area contributed by atoms with Gasteiger partial charge in [0.05, 0.1) is 52.6 Å². The summed E-state index contributed by atoms with van der Waals surface area (Å²) >= 11 is 6.21. The standard InChI is InChI=1S/C46H38ClN7O5/c1-48-37-19-17-33(23-36(37)47)59-32-15-12-30(13-16-32)42-49-24-39(52(42)2)28-8-4-26(5-9-28)27-6-10-29(11-7-27)40-25-50-43(53(40)3)31-14-18-34-35(22-31)46(58)54(45(34)57)38-20-21-41(55)51-44(38)56/h4-11,14,17-19,22-25,30,32,38H,12-13,15-16,20-21H2,2-3H3,(H,51,55,56). The molecule has 294 valence electrons. The second-order valence-corrected chi connectivity index (χ2v) is 15.7. The van der Waals surface area contributed by atoms with E-state index in [0.29, 0.717) is 33.8 Å². The van der Waals surface area contributed by atoms with Gasteiger partial charge in [0.25, 0.3) is 11.8 Å². The molecule has 1 unspecified atom stereocenters. The van der Waals surface area contributed by atoms with E-state index >= 15 is 0 Å². The fourth-order valence-corrected chi connectivity index (χ4v) is 8.79. The predicted molar refractivity (Wildman–Crippen MR) is 222 cm³/mol. The molecule has 0 bridgehead atoms. The molecule has 12 nitrogen and oxygen atoms in total. The Morgan fingerprint density at radius 3 is 1.97 bits per heavy atom. The van der Waals surface area contributed by atoms with E-state index in [1.165, 1.54) is 0 Å². The van der Waals surface area contributed by atoms with Crippen LogP contribution in [0.3, 0.4) is 0 Å². The maximum Gasteiger partial charge on any atom is 0.262 e. The minimum Gasteiger partial charge on any atom is -0.490 e. The Morgan fingerprint density at radius 1 is 0.712 bits per heavy atom. The van der Waals surface area contributed by atoms with Crippen molar-refractivity contribution in [3.63, 3.8) is 0 Å². The monoisotopic (exact) mass is 803 g/mol. The highest BCUT2D eigenvalue weighted by atomic mass is 35.5. The van der Waals surface area contributed by atoms with E-state index in [-0.39, 0.29) is 30.1 Å². The smallest absolute Gasteiger partial charge is 0.262 e. The molecule has 3 aliphatic rings. The van der Waals surface area contributed by atoms with E-state index in [9.17, 15) is 19.2 Å². The van der Waals surface area contributed by atoms with Crippen molar-refractivity contribution in [2.24, 2.45) is 14.1 Å². The van der Waals surface area contributed by atoms with Crippen LogP contribution in [0.1, 0.15) is 71.0 Å². The third-order valence-electron chi connectivity index (χ3n) is 11.8. The van der Waals surface area contributed by atoms with Gasteiger partial charge in [-0.2, -0.15) is 0 Å². The molecule has 0 radical (unpaired) electrons. The zero-order valence-electron chi connectivity index (χ0n) is 32.3. The molecule has 1 atom stereocenters. The van der Waals surface area contributed by atoms with Crippen LogP contribution >= 0.6 is 11.6 Å². The van der Waals surface area contributed by atoms with Gasteiger partial charge in [0, 0.05) is 32.0 Å². The molecule has 6 aromatic rings. The van der Waals surface area contributed by atoms with Gasteiger partial charge in [-0.15, -0.1) is 0 Å². The fraction of sp³-hybridized carbons (Fsp3) is 0.239. The topological polar surface area (TPSA) is 133 Å². The lowest BCUT2D eigenvalue weighted by atomic mass is 9.86. The number of carbonyl (C=O) groups excluding carboxylic acids is 4. The number of halogens is 1. The van der Waals surface area contributed by atoms with Crippen LogP contribution in [0.25, 0.3) is 49.9 Å². The van der Waals surface area contributed by atoms with E-state index in [4.69, 9.17) is 27.9 Å². The third kappa shape index (κ3) is 6.87. The number of amides is 4. The number of piperidine rings is 1. The molecule has 2 fully saturated rings. The average molecular weight is 804 g/mol. The fourth-order valence-electron chi connectivity index (χ4n) is 8.58. The van der Waals surface area contributed by atoms with Gasteiger partial charge in [0.1, 0.15) is 23.4 Å². The van der Waals surface area contributed by atoms with Gasteiger partial charge in [-0.25, -0.2) is 14.8 Å². The molecule has 1 N–H and O–H groups in total. The van der Waals surface area contributed by atoms with Gasteiger partial charge >= 0.3 is 0 Å². The first kappa shape index (κ1) is 37.7. The number of fused-ring (bicyclic) bond motifs is 1. The number of carbonyl (C=O) groups is 4. The Bertz CT molecular complexity index is 2720. The SMILES string of the molecule is [C-]#[N+]c1ccc(OC2CCC(c3ncc(-c4ccc(-c5ccc(-c6cnc(-c7ccc8c(c7)C(=O)N(C7CCC(=O)NC7=O)C8=O)n6C)cc5)cc4)n3C)CC2)cc1Cl. The number of imide groups is 2. The first-order valence-corrected chi connectivity index (χ1v) is 19.9. The van der Waals surface area contributed by atoms with Gasteiger partial charge in [0.2, 0.25) is 17.5 Å². The van der Waals surface area contributed by atoms with Crippen molar-refractivity contribution in [1.82, 2.24) is 29.3 Å². The van der Waals surface area contributed by atoms with Crippen molar-refractivity contribution < 1.29 is 23.9 Å². The summed E-state index contributed by atoms with van der Waals surface area (Å²) in [6, 6.07) is 26.0. The van der Waals surface area contributed by atoms with Gasteiger partial charge in [0.15, 0.2) is 0 Å². The quantitative estimate of drug-likeness (QED) is 0.121. The van der Waals surface area contributed by atoms with Crippen LogP contribution in [0.4, 0.5) is 5.69 Å². The summed E-state index contributed by atoms with van der Waals surface area (Å²) in [4.78, 5) is 64.7. The Hall–Kier alpha value is -6.84. The molecule has 4 amide bonds. The van der Waals surface area contributed by atoms with E-state index in [1.807, 2.05) is 23.9 Å². The van der Waals surface area contributed by atoms with Crippen molar-refractivity contribution in [3.05, 3.63) is 131 Å². The minimum atomic E-state index is -1.02. The summed E-state index contributed by atoms with van der Waals surface area (Å²) in [6.07, 6.45) is 7.79. The highest BCUT2D eigenvalue weighted by Gasteiger charge is 2.44. The summed E-state index contributed by atoms with van der Waals surface area (Å²) in [5.74, 6) is 0.588. The molecule has 1 aliphatic carbocycles. The normalized spacial score (nSPS) is 19.1. The summed E-state index contributed by atoms with van der Waals surface area (Å²) < 4.78 is 10.4. The van der Waals surface area contributed by atoms with Gasteiger partial charge in [-0.05, 0) is 78.6 Å². The van der Waals surface area contributed by atoms with E-state index in [2.05, 4.69) is 75.3 Å². The van der Waals surface area contributed by atoms with Crippen LogP contribution in [0.2, 0.25) is 5.02 Å². The summed E-state index contributed by atoms with van der Waals surface area (Å²) in [5, 5.41) is 2.64. The molecule has 1 saturated heterocycles. The molecule has 59 heavy (non-hydrogen) atoms. The van der Waals surface area contributed by atoms with E-state index in [1.54, 1.807) is 36.5 Å². The highest BCUT2D eigenvalue weighted by molar-refractivity contribution is 6.33. The molecule has 4 aromatic carbocycles. The number of imidazole rings is 2. The molecule has 4 heterocycles. The lowest BCUT2D eigenvalue weighted by Gasteiger charge is -2.29. The minimum absolute atomic E-state index is 0.0627. The van der Waals surface area contributed by atoms with Crippen molar-refractivity contribution >= 4 is 40.9 Å².